The van der Waals surface area contributed by atoms with E-state index in [1.807, 2.05) is 0 Å². The first-order valence-electron chi connectivity index (χ1n) is 4.64. The third kappa shape index (κ3) is 2.97. The van der Waals surface area contributed by atoms with Gasteiger partial charge in [-0.05, 0) is 11.3 Å². The lowest BCUT2D eigenvalue weighted by atomic mass is 10.1. The zero-order chi connectivity index (χ0) is 12.1. The predicted octanol–water partition coefficient (Wildman–Crippen LogP) is 0.0778. The molecule has 7 nitrogen and oxygen atoms in total. The van der Waals surface area contributed by atoms with E-state index in [2.05, 4.69) is 4.98 Å². The minimum Gasteiger partial charge on any atom is -0.390 e. The van der Waals surface area contributed by atoms with Gasteiger partial charge in [0.25, 0.3) is 0 Å². The van der Waals surface area contributed by atoms with Gasteiger partial charge in [-0.25, -0.2) is 4.57 Å². The maximum atomic E-state index is 12.3. The number of hydrogen-bond acceptors (Lipinski definition) is 5. The van der Waals surface area contributed by atoms with Crippen molar-refractivity contribution >= 4 is 5.95 Å². The molecule has 0 aliphatic rings. The van der Waals surface area contributed by atoms with E-state index in [4.69, 9.17) is 10.2 Å². The fourth-order valence-electron chi connectivity index (χ4n) is 1.26. The van der Waals surface area contributed by atoms with Crippen molar-refractivity contribution in [2.45, 2.75) is 19.3 Å². The van der Waals surface area contributed by atoms with Crippen LogP contribution >= 0.6 is 0 Å². The number of nitrogens with zero attached hydrogens (tertiary/aromatic N) is 3. The number of rotatable bonds is 6. The molecule has 0 aliphatic carbocycles. The Morgan fingerprint density at radius 3 is 2.81 bits per heavy atom. The van der Waals surface area contributed by atoms with Gasteiger partial charge >= 0.3 is 5.95 Å². The lowest BCUT2D eigenvalue weighted by molar-refractivity contribution is -0.396. The third-order valence-electron chi connectivity index (χ3n) is 2.22. The number of aliphatic hydroxyl groups is 2. The molecule has 0 saturated carbocycles. The van der Waals surface area contributed by atoms with E-state index in [0.717, 1.165) is 0 Å². The standard InChI is InChI=1S/C8H12FN3O4/c9-5-6(7(13)14)1-3-11-4-2-10-8(11)12(15)16/h2,4,6-7,13-14H,1,3,5H2. The number of nitro groups is 1. The van der Waals surface area contributed by atoms with Crippen molar-refractivity contribution in [3.05, 3.63) is 22.5 Å². The molecule has 8 heteroatoms. The van der Waals surface area contributed by atoms with E-state index >= 15 is 0 Å². The van der Waals surface area contributed by atoms with Gasteiger partial charge in [-0.2, -0.15) is 0 Å². The molecule has 1 aromatic rings. The van der Waals surface area contributed by atoms with Crippen molar-refractivity contribution in [1.82, 2.24) is 9.55 Å². The van der Waals surface area contributed by atoms with Gasteiger partial charge in [-0.1, -0.05) is 4.98 Å². The topological polar surface area (TPSA) is 101 Å². The fourth-order valence-corrected chi connectivity index (χ4v) is 1.26. The predicted molar refractivity (Wildman–Crippen MR) is 51.2 cm³/mol. The Bertz CT molecular complexity index is 355. The lowest BCUT2D eigenvalue weighted by Gasteiger charge is -2.13. The number of imidazole rings is 1. The Kier molecular flexibility index (Phi) is 4.32. The number of aryl methyl sites for hydroxylation is 1. The molecule has 1 aromatic heterocycles. The highest BCUT2D eigenvalue weighted by Gasteiger charge is 2.20. The van der Waals surface area contributed by atoms with E-state index in [1.165, 1.54) is 17.0 Å². The second kappa shape index (κ2) is 5.52. The molecule has 2 N–H and O–H groups in total. The maximum absolute atomic E-state index is 12.3. The van der Waals surface area contributed by atoms with Crippen molar-refractivity contribution in [3.8, 4) is 0 Å². The number of aliphatic hydroxyl groups excluding tert-OH is 1. The summed E-state index contributed by atoms with van der Waals surface area (Å²) in [4.78, 5) is 13.3. The normalized spacial score (nSPS) is 13.0. The largest absolute Gasteiger partial charge is 0.434 e. The first-order chi connectivity index (χ1) is 7.56. The molecular weight excluding hydrogens is 221 g/mol. The van der Waals surface area contributed by atoms with E-state index in [9.17, 15) is 14.5 Å². The molecule has 0 aliphatic heterocycles. The van der Waals surface area contributed by atoms with Gasteiger partial charge in [0.05, 0.1) is 13.2 Å². The van der Waals surface area contributed by atoms with Gasteiger partial charge in [0.2, 0.25) is 0 Å². The van der Waals surface area contributed by atoms with E-state index in [0.29, 0.717) is 0 Å². The molecule has 90 valence electrons. The number of halogens is 1. The maximum Gasteiger partial charge on any atom is 0.434 e. The summed E-state index contributed by atoms with van der Waals surface area (Å²) in [5.74, 6) is -1.29. The molecule has 0 fully saturated rings. The van der Waals surface area contributed by atoms with Crippen LogP contribution in [-0.4, -0.2) is 37.7 Å². The molecular formula is C8H12FN3O4. The van der Waals surface area contributed by atoms with Crippen LogP contribution in [0.5, 0.6) is 0 Å². The van der Waals surface area contributed by atoms with Crippen molar-refractivity contribution in [1.29, 1.82) is 0 Å². The molecule has 1 atom stereocenters. The second-order valence-electron chi connectivity index (χ2n) is 3.29. The van der Waals surface area contributed by atoms with Crippen LogP contribution in [0.3, 0.4) is 0 Å². The second-order valence-corrected chi connectivity index (χ2v) is 3.29. The quantitative estimate of drug-likeness (QED) is 0.411. The summed E-state index contributed by atoms with van der Waals surface area (Å²) in [6.45, 7) is -0.775. The smallest absolute Gasteiger partial charge is 0.390 e. The van der Waals surface area contributed by atoms with Gasteiger partial charge < -0.3 is 20.3 Å². The molecule has 0 aromatic carbocycles. The van der Waals surface area contributed by atoms with Crippen LogP contribution in [0.2, 0.25) is 0 Å². The summed E-state index contributed by atoms with van der Waals surface area (Å²) in [5, 5.41) is 28.0. The van der Waals surface area contributed by atoms with Crippen LogP contribution < -0.4 is 0 Å². The first kappa shape index (κ1) is 12.5. The SMILES string of the molecule is O=[N+]([O-])c1nccn1CCC(CF)C(O)O. The average molecular weight is 233 g/mol. The van der Waals surface area contributed by atoms with Gasteiger partial charge in [0.15, 0.2) is 6.29 Å². The van der Waals surface area contributed by atoms with E-state index < -0.39 is 23.8 Å². The van der Waals surface area contributed by atoms with Crippen molar-refractivity contribution in [3.63, 3.8) is 0 Å². The van der Waals surface area contributed by atoms with E-state index in [-0.39, 0.29) is 18.9 Å². The molecule has 1 rings (SSSR count). The average Bonchev–Trinajstić information content (AvgIpc) is 2.66. The van der Waals surface area contributed by atoms with Crippen LogP contribution in [0.15, 0.2) is 12.4 Å². The molecule has 0 bridgehead atoms. The summed E-state index contributed by atoms with van der Waals surface area (Å²) in [6.07, 6.45) is 0.980. The summed E-state index contributed by atoms with van der Waals surface area (Å²) in [6, 6.07) is 0. The molecule has 0 spiro atoms. The molecule has 16 heavy (non-hydrogen) atoms. The molecule has 1 unspecified atom stereocenters. The molecule has 0 saturated heterocycles. The van der Waals surface area contributed by atoms with Crippen molar-refractivity contribution in [2.24, 2.45) is 5.92 Å². The van der Waals surface area contributed by atoms with E-state index in [1.54, 1.807) is 0 Å². The Morgan fingerprint density at radius 1 is 1.62 bits per heavy atom. The van der Waals surface area contributed by atoms with Crippen molar-refractivity contribution in [2.75, 3.05) is 6.67 Å². The van der Waals surface area contributed by atoms with Crippen LogP contribution in [-0.2, 0) is 6.54 Å². The summed E-state index contributed by atoms with van der Waals surface area (Å²) >= 11 is 0. The van der Waals surface area contributed by atoms with Gasteiger partial charge in [-0.15, -0.1) is 0 Å². The minimum absolute atomic E-state index is 0.0887. The molecule has 0 amide bonds. The van der Waals surface area contributed by atoms with Crippen LogP contribution in [0.25, 0.3) is 0 Å². The van der Waals surface area contributed by atoms with Crippen LogP contribution in [0, 0.1) is 16.0 Å². The highest BCUT2D eigenvalue weighted by atomic mass is 19.1. The Labute approximate surface area is 90.3 Å². The number of hydrogen-bond donors (Lipinski definition) is 2. The van der Waals surface area contributed by atoms with Crippen molar-refractivity contribution < 1.29 is 19.5 Å². The zero-order valence-corrected chi connectivity index (χ0v) is 8.36. The minimum atomic E-state index is -1.76. The first-order valence-corrected chi connectivity index (χ1v) is 4.64. The fraction of sp³-hybridized carbons (Fsp3) is 0.625. The number of aromatic nitrogens is 2. The summed E-state index contributed by atoms with van der Waals surface area (Å²) < 4.78 is 13.5. The monoisotopic (exact) mass is 233 g/mol. The van der Waals surface area contributed by atoms with Gasteiger partial charge in [0, 0.05) is 5.92 Å². The van der Waals surface area contributed by atoms with Crippen LogP contribution in [0.4, 0.5) is 10.3 Å². The van der Waals surface area contributed by atoms with Gasteiger partial charge in [0.1, 0.15) is 12.4 Å². The van der Waals surface area contributed by atoms with Gasteiger partial charge in [-0.3, -0.25) is 4.39 Å². The Hall–Kier alpha value is -1.54. The Balaban J connectivity index is 2.60. The summed E-state index contributed by atoms with van der Waals surface area (Å²) in [5.41, 5.74) is 0. The van der Waals surface area contributed by atoms with Crippen LogP contribution in [0.1, 0.15) is 6.42 Å². The summed E-state index contributed by atoms with van der Waals surface area (Å²) in [7, 11) is 0. The molecule has 1 heterocycles. The Morgan fingerprint density at radius 2 is 2.31 bits per heavy atom. The molecule has 0 radical (unpaired) electrons. The lowest BCUT2D eigenvalue weighted by Crippen LogP contribution is -2.23. The third-order valence-corrected chi connectivity index (χ3v) is 2.22. The highest BCUT2D eigenvalue weighted by Crippen LogP contribution is 2.13. The number of alkyl halides is 1. The highest BCUT2D eigenvalue weighted by molar-refractivity contribution is 5.06. The zero-order valence-electron chi connectivity index (χ0n) is 8.36.